The van der Waals surface area contributed by atoms with Gasteiger partial charge < -0.3 is 4.90 Å². The van der Waals surface area contributed by atoms with Gasteiger partial charge in [-0.15, -0.1) is 0 Å². The van der Waals surface area contributed by atoms with Crippen LogP contribution in [-0.2, 0) is 4.79 Å². The molecule has 0 unspecified atom stereocenters. The van der Waals surface area contributed by atoms with Gasteiger partial charge in [0, 0.05) is 12.6 Å². The van der Waals surface area contributed by atoms with Gasteiger partial charge in [-0.2, -0.15) is 13.2 Å². The van der Waals surface area contributed by atoms with Gasteiger partial charge in [-0.1, -0.05) is 0 Å². The Kier molecular flexibility index (Phi) is 4.31. The molecule has 0 aliphatic carbocycles. The highest BCUT2D eigenvalue weighted by atomic mass is 32.2. The minimum absolute atomic E-state index is 0.0834. The predicted octanol–water partition coefficient (Wildman–Crippen LogP) is 2.64. The van der Waals surface area contributed by atoms with Crippen LogP contribution in [0.1, 0.15) is 26.2 Å². The van der Waals surface area contributed by atoms with Crippen LogP contribution in [0, 0.1) is 0 Å². The molecule has 15 heavy (non-hydrogen) atoms. The largest absolute Gasteiger partial charge is 0.442 e. The fourth-order valence-electron chi connectivity index (χ4n) is 1.70. The van der Waals surface area contributed by atoms with Gasteiger partial charge in [-0.05, 0) is 37.9 Å². The van der Waals surface area contributed by atoms with Crippen molar-refractivity contribution < 1.29 is 18.0 Å². The van der Waals surface area contributed by atoms with E-state index in [1.165, 1.54) is 0 Å². The first-order valence-electron chi connectivity index (χ1n) is 4.90. The summed E-state index contributed by atoms with van der Waals surface area (Å²) >= 11 is -0.254. The molecule has 1 saturated heterocycles. The fraction of sp³-hybridized carbons (Fsp3) is 0.889. The zero-order chi connectivity index (χ0) is 11.5. The lowest BCUT2D eigenvalue weighted by Crippen LogP contribution is -2.43. The van der Waals surface area contributed by atoms with Crippen molar-refractivity contribution in [3.05, 3.63) is 0 Å². The molecule has 1 atom stereocenters. The van der Waals surface area contributed by atoms with E-state index in [9.17, 15) is 18.0 Å². The molecule has 0 saturated carbocycles. The fourth-order valence-corrected chi connectivity index (χ4v) is 2.15. The lowest BCUT2D eigenvalue weighted by atomic mass is 10.0. The van der Waals surface area contributed by atoms with Crippen LogP contribution in [0.4, 0.5) is 13.2 Å². The summed E-state index contributed by atoms with van der Waals surface area (Å²) in [5.74, 6) is -0.891. The molecule has 1 rings (SSSR count). The quantitative estimate of drug-likeness (QED) is 0.740. The van der Waals surface area contributed by atoms with E-state index >= 15 is 0 Å². The van der Waals surface area contributed by atoms with Crippen molar-refractivity contribution in [3.8, 4) is 0 Å². The molecule has 2 nitrogen and oxygen atoms in total. The summed E-state index contributed by atoms with van der Waals surface area (Å²) in [7, 11) is 0. The summed E-state index contributed by atoms with van der Waals surface area (Å²) in [5.41, 5.74) is -4.31. The van der Waals surface area contributed by atoms with E-state index in [1.54, 1.807) is 4.90 Å². The number of hydrogen-bond acceptors (Lipinski definition) is 2. The standard InChI is InChI=1S/C9H14F3NOS/c1-7-4-2-3-5-13(7)8(14)6-15-9(10,11)12/h7H,2-6H2,1H3/t7-/m0/s1. The van der Waals surface area contributed by atoms with Crippen molar-refractivity contribution in [2.24, 2.45) is 0 Å². The first-order chi connectivity index (χ1) is 6.90. The first-order valence-corrected chi connectivity index (χ1v) is 5.89. The average Bonchev–Trinajstić information content (AvgIpc) is 2.14. The van der Waals surface area contributed by atoms with Crippen LogP contribution in [0.2, 0.25) is 0 Å². The molecule has 0 spiro atoms. The van der Waals surface area contributed by atoms with Crippen LogP contribution in [0.25, 0.3) is 0 Å². The molecular formula is C9H14F3NOS. The molecule has 0 radical (unpaired) electrons. The van der Waals surface area contributed by atoms with Gasteiger partial charge in [0.05, 0.1) is 5.75 Å². The highest BCUT2D eigenvalue weighted by Gasteiger charge is 2.31. The van der Waals surface area contributed by atoms with E-state index in [0.29, 0.717) is 6.54 Å². The number of likely N-dealkylation sites (tertiary alicyclic amines) is 1. The van der Waals surface area contributed by atoms with Crippen molar-refractivity contribution >= 4 is 17.7 Å². The molecule has 6 heteroatoms. The van der Waals surface area contributed by atoms with Gasteiger partial charge in [0.15, 0.2) is 0 Å². The average molecular weight is 241 g/mol. The van der Waals surface area contributed by atoms with Crippen LogP contribution in [0.3, 0.4) is 0 Å². The summed E-state index contributed by atoms with van der Waals surface area (Å²) in [6.07, 6.45) is 2.84. The first kappa shape index (κ1) is 12.7. The maximum absolute atomic E-state index is 11.9. The highest BCUT2D eigenvalue weighted by Crippen LogP contribution is 2.30. The Labute approximate surface area is 91.2 Å². The van der Waals surface area contributed by atoms with Gasteiger partial charge in [0.1, 0.15) is 0 Å². The van der Waals surface area contributed by atoms with E-state index < -0.39 is 17.2 Å². The number of amides is 1. The summed E-state index contributed by atoms with van der Waals surface area (Å²) in [5, 5.41) is 0. The summed E-state index contributed by atoms with van der Waals surface area (Å²) in [6, 6.07) is 0.0834. The van der Waals surface area contributed by atoms with E-state index in [4.69, 9.17) is 0 Å². The summed E-state index contributed by atoms with van der Waals surface area (Å²) in [6.45, 7) is 2.48. The van der Waals surface area contributed by atoms with Gasteiger partial charge in [-0.3, -0.25) is 4.79 Å². The number of carbonyl (C=O) groups excluding carboxylic acids is 1. The topological polar surface area (TPSA) is 20.3 Å². The molecule has 1 heterocycles. The number of piperidine rings is 1. The molecular weight excluding hydrogens is 227 g/mol. The second kappa shape index (κ2) is 5.09. The molecule has 0 aromatic heterocycles. The Morgan fingerprint density at radius 1 is 1.47 bits per heavy atom. The highest BCUT2D eigenvalue weighted by molar-refractivity contribution is 8.00. The molecule has 0 N–H and O–H groups in total. The molecule has 0 aromatic rings. The van der Waals surface area contributed by atoms with E-state index in [-0.39, 0.29) is 17.8 Å². The van der Waals surface area contributed by atoms with Gasteiger partial charge >= 0.3 is 5.51 Å². The maximum atomic E-state index is 11.9. The lowest BCUT2D eigenvalue weighted by Gasteiger charge is -2.33. The third-order valence-corrected chi connectivity index (χ3v) is 3.20. The number of nitrogens with zero attached hydrogens (tertiary/aromatic N) is 1. The summed E-state index contributed by atoms with van der Waals surface area (Å²) < 4.78 is 35.6. The summed E-state index contributed by atoms with van der Waals surface area (Å²) in [4.78, 5) is 13.0. The van der Waals surface area contributed by atoms with Gasteiger partial charge in [0.2, 0.25) is 5.91 Å². The second-order valence-electron chi connectivity index (χ2n) is 3.67. The third kappa shape index (κ3) is 4.32. The molecule has 1 fully saturated rings. The van der Waals surface area contributed by atoms with Crippen LogP contribution in [0.15, 0.2) is 0 Å². The van der Waals surface area contributed by atoms with Crippen LogP contribution >= 0.6 is 11.8 Å². The van der Waals surface area contributed by atoms with Crippen LogP contribution < -0.4 is 0 Å². The Morgan fingerprint density at radius 2 is 2.13 bits per heavy atom. The molecule has 1 amide bonds. The SMILES string of the molecule is C[C@H]1CCCCN1C(=O)CSC(F)(F)F. The zero-order valence-corrected chi connectivity index (χ0v) is 9.33. The monoisotopic (exact) mass is 241 g/mol. The second-order valence-corrected chi connectivity index (χ2v) is 4.71. The molecule has 0 aromatic carbocycles. The van der Waals surface area contributed by atoms with Crippen molar-refractivity contribution in [1.82, 2.24) is 4.90 Å². The predicted molar refractivity (Wildman–Crippen MR) is 53.5 cm³/mol. The Bertz CT molecular complexity index is 232. The maximum Gasteiger partial charge on any atom is 0.442 e. The van der Waals surface area contributed by atoms with Gasteiger partial charge in [-0.25, -0.2) is 0 Å². The third-order valence-electron chi connectivity index (χ3n) is 2.48. The van der Waals surface area contributed by atoms with Crippen molar-refractivity contribution in [2.75, 3.05) is 12.3 Å². The lowest BCUT2D eigenvalue weighted by molar-refractivity contribution is -0.131. The molecule has 88 valence electrons. The Balaban J connectivity index is 2.39. The van der Waals surface area contributed by atoms with Crippen molar-refractivity contribution in [2.45, 2.75) is 37.7 Å². The van der Waals surface area contributed by atoms with E-state index in [2.05, 4.69) is 0 Å². The zero-order valence-electron chi connectivity index (χ0n) is 8.51. The van der Waals surface area contributed by atoms with E-state index in [0.717, 1.165) is 19.3 Å². The Hall–Kier alpha value is -0.390. The van der Waals surface area contributed by atoms with Gasteiger partial charge in [0.25, 0.3) is 0 Å². The number of rotatable bonds is 2. The Morgan fingerprint density at radius 3 is 2.67 bits per heavy atom. The van der Waals surface area contributed by atoms with Crippen LogP contribution in [0.5, 0.6) is 0 Å². The van der Waals surface area contributed by atoms with Crippen LogP contribution in [-0.4, -0.2) is 34.7 Å². The molecule has 1 aliphatic heterocycles. The molecule has 1 aliphatic rings. The van der Waals surface area contributed by atoms with E-state index in [1.807, 2.05) is 6.92 Å². The number of alkyl halides is 3. The normalized spacial score (nSPS) is 22.9. The smallest absolute Gasteiger partial charge is 0.339 e. The van der Waals surface area contributed by atoms with Crippen molar-refractivity contribution in [1.29, 1.82) is 0 Å². The number of carbonyl (C=O) groups is 1. The number of thioether (sulfide) groups is 1. The minimum atomic E-state index is -4.31. The number of halogens is 3. The molecule has 0 bridgehead atoms. The number of hydrogen-bond donors (Lipinski definition) is 0. The van der Waals surface area contributed by atoms with Crippen molar-refractivity contribution in [3.63, 3.8) is 0 Å². The minimum Gasteiger partial charge on any atom is -0.339 e.